The van der Waals surface area contributed by atoms with Crippen LogP contribution in [0, 0.1) is 5.82 Å². The Labute approximate surface area is 106 Å². The fourth-order valence-corrected chi connectivity index (χ4v) is 1.86. The molecule has 0 radical (unpaired) electrons. The molecule has 0 unspecified atom stereocenters. The maximum Gasteiger partial charge on any atom is 0.146 e. The van der Waals surface area contributed by atoms with Crippen LogP contribution in [-0.2, 0) is 11.2 Å². The van der Waals surface area contributed by atoms with E-state index in [0.29, 0.717) is 6.61 Å². The molecular weight excluding hydrogens is 229 g/mol. The van der Waals surface area contributed by atoms with Gasteiger partial charge < -0.3 is 10.5 Å². The van der Waals surface area contributed by atoms with Gasteiger partial charge >= 0.3 is 0 Å². The smallest absolute Gasteiger partial charge is 0.146 e. The summed E-state index contributed by atoms with van der Waals surface area (Å²) >= 11 is 0. The molecular formula is C15H16FNO. The SMILES string of the molecule is COCCc1ccc(-c2cccc(F)c2N)cc1. The van der Waals surface area contributed by atoms with Gasteiger partial charge in [-0.25, -0.2) is 4.39 Å². The van der Waals surface area contributed by atoms with Gasteiger partial charge in [0.05, 0.1) is 12.3 Å². The number of ether oxygens (including phenoxy) is 1. The monoisotopic (exact) mass is 245 g/mol. The predicted octanol–water partition coefficient (Wildman–Crippen LogP) is 3.26. The van der Waals surface area contributed by atoms with E-state index in [1.165, 1.54) is 11.6 Å². The van der Waals surface area contributed by atoms with Crippen LogP contribution in [0.5, 0.6) is 0 Å². The van der Waals surface area contributed by atoms with E-state index in [0.717, 1.165) is 17.5 Å². The van der Waals surface area contributed by atoms with Gasteiger partial charge in [-0.15, -0.1) is 0 Å². The number of anilines is 1. The van der Waals surface area contributed by atoms with Crippen molar-refractivity contribution in [3.05, 3.63) is 53.8 Å². The lowest BCUT2D eigenvalue weighted by Crippen LogP contribution is -1.96. The maximum atomic E-state index is 13.4. The highest BCUT2D eigenvalue weighted by molar-refractivity contribution is 5.76. The van der Waals surface area contributed by atoms with Crippen molar-refractivity contribution in [3.8, 4) is 11.1 Å². The molecule has 0 atom stereocenters. The molecule has 0 aliphatic heterocycles. The topological polar surface area (TPSA) is 35.2 Å². The molecule has 2 nitrogen and oxygen atoms in total. The standard InChI is InChI=1S/C15H16FNO/c1-18-10-9-11-5-7-12(8-6-11)13-3-2-4-14(16)15(13)17/h2-8H,9-10,17H2,1H3. The summed E-state index contributed by atoms with van der Waals surface area (Å²) in [4.78, 5) is 0. The highest BCUT2D eigenvalue weighted by atomic mass is 19.1. The van der Waals surface area contributed by atoms with Crippen LogP contribution in [-0.4, -0.2) is 13.7 Å². The summed E-state index contributed by atoms with van der Waals surface area (Å²) in [6.45, 7) is 0.696. The van der Waals surface area contributed by atoms with Gasteiger partial charge in [0, 0.05) is 12.7 Å². The lowest BCUT2D eigenvalue weighted by atomic mass is 10.0. The zero-order valence-corrected chi connectivity index (χ0v) is 10.3. The molecule has 0 aromatic heterocycles. The van der Waals surface area contributed by atoms with Gasteiger partial charge in [-0.3, -0.25) is 0 Å². The Morgan fingerprint density at radius 3 is 2.50 bits per heavy atom. The molecule has 2 N–H and O–H groups in total. The third-order valence-corrected chi connectivity index (χ3v) is 2.91. The molecule has 0 spiro atoms. The molecule has 0 saturated heterocycles. The predicted molar refractivity (Wildman–Crippen MR) is 71.8 cm³/mol. The van der Waals surface area contributed by atoms with Crippen LogP contribution in [0.1, 0.15) is 5.56 Å². The summed E-state index contributed by atoms with van der Waals surface area (Å²) in [6, 6.07) is 12.8. The normalized spacial score (nSPS) is 10.6. The summed E-state index contributed by atoms with van der Waals surface area (Å²) in [5.41, 5.74) is 8.78. The number of methoxy groups -OCH3 is 1. The molecule has 0 aliphatic rings. The Balaban J connectivity index is 2.26. The minimum atomic E-state index is -0.379. The average molecular weight is 245 g/mol. The van der Waals surface area contributed by atoms with Gasteiger partial charge in [0.15, 0.2) is 0 Å². The van der Waals surface area contributed by atoms with Gasteiger partial charge in [0.2, 0.25) is 0 Å². The van der Waals surface area contributed by atoms with Crippen molar-refractivity contribution in [2.24, 2.45) is 0 Å². The molecule has 2 aromatic rings. The van der Waals surface area contributed by atoms with Crippen molar-refractivity contribution in [2.45, 2.75) is 6.42 Å². The van der Waals surface area contributed by atoms with Crippen LogP contribution in [0.15, 0.2) is 42.5 Å². The Hall–Kier alpha value is -1.87. The van der Waals surface area contributed by atoms with Crippen molar-refractivity contribution in [3.63, 3.8) is 0 Å². The minimum Gasteiger partial charge on any atom is -0.396 e. The Morgan fingerprint density at radius 1 is 1.11 bits per heavy atom. The lowest BCUT2D eigenvalue weighted by molar-refractivity contribution is 0.202. The fourth-order valence-electron chi connectivity index (χ4n) is 1.86. The van der Waals surface area contributed by atoms with Crippen molar-refractivity contribution < 1.29 is 9.13 Å². The summed E-state index contributed by atoms with van der Waals surface area (Å²) in [5.74, 6) is -0.379. The number of nitrogens with two attached hydrogens (primary N) is 1. The molecule has 18 heavy (non-hydrogen) atoms. The number of rotatable bonds is 4. The number of hydrogen-bond acceptors (Lipinski definition) is 2. The number of nitrogen functional groups attached to an aromatic ring is 1. The number of benzene rings is 2. The molecule has 0 heterocycles. The van der Waals surface area contributed by atoms with Crippen LogP contribution >= 0.6 is 0 Å². The number of hydrogen-bond donors (Lipinski definition) is 1. The fraction of sp³-hybridized carbons (Fsp3) is 0.200. The van der Waals surface area contributed by atoms with Crippen LogP contribution in [0.2, 0.25) is 0 Å². The summed E-state index contributed by atoms with van der Waals surface area (Å²) in [6.07, 6.45) is 0.870. The highest BCUT2D eigenvalue weighted by Crippen LogP contribution is 2.27. The van der Waals surface area contributed by atoms with Gasteiger partial charge in [-0.1, -0.05) is 36.4 Å². The zero-order valence-electron chi connectivity index (χ0n) is 10.3. The van der Waals surface area contributed by atoms with Crippen LogP contribution in [0.25, 0.3) is 11.1 Å². The van der Waals surface area contributed by atoms with Crippen LogP contribution < -0.4 is 5.73 Å². The Morgan fingerprint density at radius 2 is 1.83 bits per heavy atom. The van der Waals surface area contributed by atoms with E-state index in [2.05, 4.69) is 0 Å². The van der Waals surface area contributed by atoms with Crippen molar-refractivity contribution in [2.75, 3.05) is 19.5 Å². The molecule has 0 fully saturated rings. The van der Waals surface area contributed by atoms with E-state index >= 15 is 0 Å². The van der Waals surface area contributed by atoms with Gasteiger partial charge in [-0.2, -0.15) is 0 Å². The largest absolute Gasteiger partial charge is 0.396 e. The quantitative estimate of drug-likeness (QED) is 0.839. The zero-order chi connectivity index (χ0) is 13.0. The van der Waals surface area contributed by atoms with Gasteiger partial charge in [-0.05, 0) is 23.6 Å². The third-order valence-electron chi connectivity index (χ3n) is 2.91. The van der Waals surface area contributed by atoms with E-state index in [1.807, 2.05) is 30.3 Å². The summed E-state index contributed by atoms with van der Waals surface area (Å²) in [5, 5.41) is 0. The third kappa shape index (κ3) is 2.68. The molecule has 0 aliphatic carbocycles. The number of halogens is 1. The molecule has 0 bridgehead atoms. The highest BCUT2D eigenvalue weighted by Gasteiger charge is 2.06. The second-order valence-corrected chi connectivity index (χ2v) is 4.14. The van der Waals surface area contributed by atoms with E-state index in [9.17, 15) is 4.39 Å². The molecule has 2 aromatic carbocycles. The first-order chi connectivity index (χ1) is 8.72. The summed E-state index contributed by atoms with van der Waals surface area (Å²) < 4.78 is 18.4. The first kappa shape index (κ1) is 12.6. The first-order valence-corrected chi connectivity index (χ1v) is 5.84. The lowest BCUT2D eigenvalue weighted by Gasteiger charge is -2.07. The van der Waals surface area contributed by atoms with E-state index in [-0.39, 0.29) is 11.5 Å². The van der Waals surface area contributed by atoms with Crippen molar-refractivity contribution >= 4 is 5.69 Å². The Bertz CT molecular complexity index is 523. The average Bonchev–Trinajstić information content (AvgIpc) is 2.40. The molecule has 0 amide bonds. The van der Waals surface area contributed by atoms with E-state index in [4.69, 9.17) is 10.5 Å². The molecule has 94 valence electrons. The maximum absolute atomic E-state index is 13.4. The molecule has 0 saturated carbocycles. The Kier molecular flexibility index (Phi) is 3.95. The van der Waals surface area contributed by atoms with Crippen LogP contribution in [0.3, 0.4) is 0 Å². The molecule has 3 heteroatoms. The number of para-hydroxylation sites is 1. The second kappa shape index (κ2) is 5.65. The van der Waals surface area contributed by atoms with Crippen LogP contribution in [0.4, 0.5) is 10.1 Å². The first-order valence-electron chi connectivity index (χ1n) is 5.84. The van der Waals surface area contributed by atoms with Gasteiger partial charge in [0.25, 0.3) is 0 Å². The van der Waals surface area contributed by atoms with E-state index in [1.54, 1.807) is 13.2 Å². The van der Waals surface area contributed by atoms with Crippen molar-refractivity contribution in [1.29, 1.82) is 0 Å². The molecule has 2 rings (SSSR count). The van der Waals surface area contributed by atoms with E-state index < -0.39 is 0 Å². The summed E-state index contributed by atoms with van der Waals surface area (Å²) in [7, 11) is 1.68. The van der Waals surface area contributed by atoms with Crippen molar-refractivity contribution in [1.82, 2.24) is 0 Å². The van der Waals surface area contributed by atoms with Gasteiger partial charge in [0.1, 0.15) is 5.82 Å². The minimum absolute atomic E-state index is 0.196. The second-order valence-electron chi connectivity index (χ2n) is 4.14.